The molecule has 3 atom stereocenters. The van der Waals surface area contributed by atoms with E-state index in [0.29, 0.717) is 6.61 Å². The first-order valence-electron chi connectivity index (χ1n) is 4.06. The summed E-state index contributed by atoms with van der Waals surface area (Å²) in [6.45, 7) is 2.50. The lowest BCUT2D eigenvalue weighted by atomic mass is 9.99. The van der Waals surface area contributed by atoms with Crippen LogP contribution in [0.25, 0.3) is 0 Å². The Kier molecular flexibility index (Phi) is 3.06. The van der Waals surface area contributed by atoms with Gasteiger partial charge in [0.25, 0.3) is 0 Å². The van der Waals surface area contributed by atoms with Gasteiger partial charge in [-0.05, 0) is 13.3 Å². The molecule has 12 heavy (non-hydrogen) atoms. The quantitative estimate of drug-likeness (QED) is 0.661. The minimum Gasteiger partial charge on any atom is -0.382 e. The van der Waals surface area contributed by atoms with E-state index in [1.54, 1.807) is 14.2 Å². The zero-order chi connectivity index (χ0) is 9.19. The van der Waals surface area contributed by atoms with Crippen molar-refractivity contribution in [3.8, 4) is 0 Å². The van der Waals surface area contributed by atoms with Crippen molar-refractivity contribution in [2.75, 3.05) is 20.8 Å². The minimum absolute atomic E-state index is 0.0648. The summed E-state index contributed by atoms with van der Waals surface area (Å²) in [7, 11) is 3.25. The van der Waals surface area contributed by atoms with Gasteiger partial charge in [0.1, 0.15) is 0 Å². The summed E-state index contributed by atoms with van der Waals surface area (Å²) in [6.07, 6.45) is 0.534. The van der Waals surface area contributed by atoms with Gasteiger partial charge in [-0.2, -0.15) is 0 Å². The highest BCUT2D eigenvalue weighted by atomic mass is 16.7. The van der Waals surface area contributed by atoms with Crippen molar-refractivity contribution in [2.45, 2.75) is 31.3 Å². The Morgan fingerprint density at radius 3 is 2.67 bits per heavy atom. The Labute approximate surface area is 73.0 Å². The lowest BCUT2D eigenvalue weighted by Crippen LogP contribution is -2.45. The Balaban J connectivity index is 2.48. The van der Waals surface area contributed by atoms with E-state index in [2.05, 4.69) is 0 Å². The molecule has 1 fully saturated rings. The second-order valence-electron chi connectivity index (χ2n) is 3.49. The van der Waals surface area contributed by atoms with Gasteiger partial charge in [-0.3, -0.25) is 0 Å². The first-order valence-corrected chi connectivity index (χ1v) is 4.06. The van der Waals surface area contributed by atoms with Crippen molar-refractivity contribution in [2.24, 2.45) is 5.73 Å². The lowest BCUT2D eigenvalue weighted by Gasteiger charge is -2.22. The average molecular weight is 175 g/mol. The normalized spacial score (nSPS) is 42.0. The third kappa shape index (κ3) is 1.95. The zero-order valence-corrected chi connectivity index (χ0v) is 7.87. The van der Waals surface area contributed by atoms with E-state index < -0.39 is 5.54 Å². The highest BCUT2D eigenvalue weighted by molar-refractivity contribution is 4.92. The van der Waals surface area contributed by atoms with E-state index in [0.717, 1.165) is 6.42 Å². The maximum Gasteiger partial charge on any atom is 0.175 e. The van der Waals surface area contributed by atoms with Gasteiger partial charge >= 0.3 is 0 Å². The molecule has 72 valence electrons. The fourth-order valence-corrected chi connectivity index (χ4v) is 1.57. The number of ether oxygens (including phenoxy) is 3. The van der Waals surface area contributed by atoms with Gasteiger partial charge in [0.2, 0.25) is 0 Å². The molecule has 1 unspecified atom stereocenters. The van der Waals surface area contributed by atoms with Gasteiger partial charge < -0.3 is 19.9 Å². The molecule has 0 aromatic rings. The molecule has 0 aromatic carbocycles. The molecule has 0 saturated carbocycles. The van der Waals surface area contributed by atoms with Crippen LogP contribution in [-0.2, 0) is 14.2 Å². The van der Waals surface area contributed by atoms with Gasteiger partial charge in [0, 0.05) is 14.2 Å². The van der Waals surface area contributed by atoms with Crippen LogP contribution in [0.1, 0.15) is 13.3 Å². The van der Waals surface area contributed by atoms with Gasteiger partial charge in [0.05, 0.1) is 18.2 Å². The number of rotatable bonds is 3. The SMILES string of the molecule is COC[C@@H]1C[C@@](C)(N)C(OC)O1. The molecule has 0 radical (unpaired) electrons. The van der Waals surface area contributed by atoms with Gasteiger partial charge in [-0.1, -0.05) is 0 Å². The standard InChI is InChI=1S/C8H17NO3/c1-8(9)4-6(5-10-2)12-7(8)11-3/h6-7H,4-5,9H2,1-3H3/t6-,7?,8+/m0/s1. The summed E-state index contributed by atoms with van der Waals surface area (Å²) in [5.74, 6) is 0. The van der Waals surface area contributed by atoms with Crippen LogP contribution in [0.3, 0.4) is 0 Å². The number of hydrogen-bond donors (Lipinski definition) is 1. The van der Waals surface area contributed by atoms with E-state index in [1.807, 2.05) is 6.92 Å². The van der Waals surface area contributed by atoms with Crippen LogP contribution >= 0.6 is 0 Å². The van der Waals surface area contributed by atoms with Crippen molar-refractivity contribution in [1.29, 1.82) is 0 Å². The van der Waals surface area contributed by atoms with E-state index in [-0.39, 0.29) is 12.4 Å². The molecule has 0 bridgehead atoms. The van der Waals surface area contributed by atoms with Crippen LogP contribution in [0.2, 0.25) is 0 Å². The maximum atomic E-state index is 5.95. The summed E-state index contributed by atoms with van der Waals surface area (Å²) >= 11 is 0. The number of nitrogens with two attached hydrogens (primary N) is 1. The minimum atomic E-state index is -0.391. The predicted octanol–water partition coefficient (Wildman–Crippen LogP) is 0.112. The number of hydrogen-bond acceptors (Lipinski definition) is 4. The Bertz CT molecular complexity index is 149. The molecular formula is C8H17NO3. The molecule has 2 N–H and O–H groups in total. The monoisotopic (exact) mass is 175 g/mol. The van der Waals surface area contributed by atoms with Crippen molar-refractivity contribution in [3.63, 3.8) is 0 Å². The fourth-order valence-electron chi connectivity index (χ4n) is 1.57. The van der Waals surface area contributed by atoms with Gasteiger partial charge in [-0.25, -0.2) is 0 Å². The molecule has 4 nitrogen and oxygen atoms in total. The molecule has 4 heteroatoms. The Morgan fingerprint density at radius 2 is 2.25 bits per heavy atom. The van der Waals surface area contributed by atoms with Crippen LogP contribution in [0.4, 0.5) is 0 Å². The molecule has 1 heterocycles. The van der Waals surface area contributed by atoms with Crippen molar-refractivity contribution < 1.29 is 14.2 Å². The second-order valence-corrected chi connectivity index (χ2v) is 3.49. The van der Waals surface area contributed by atoms with E-state index in [4.69, 9.17) is 19.9 Å². The predicted molar refractivity (Wildman–Crippen MR) is 44.8 cm³/mol. The van der Waals surface area contributed by atoms with Crippen LogP contribution in [0, 0.1) is 0 Å². The molecule has 1 saturated heterocycles. The molecule has 0 amide bonds. The van der Waals surface area contributed by atoms with Crippen molar-refractivity contribution >= 4 is 0 Å². The third-order valence-corrected chi connectivity index (χ3v) is 2.09. The fraction of sp³-hybridized carbons (Fsp3) is 1.00. The molecule has 0 aliphatic carbocycles. The maximum absolute atomic E-state index is 5.95. The van der Waals surface area contributed by atoms with Gasteiger partial charge in [0.15, 0.2) is 6.29 Å². The molecule has 0 spiro atoms. The highest BCUT2D eigenvalue weighted by Gasteiger charge is 2.42. The highest BCUT2D eigenvalue weighted by Crippen LogP contribution is 2.28. The van der Waals surface area contributed by atoms with E-state index in [1.165, 1.54) is 0 Å². The van der Waals surface area contributed by atoms with E-state index >= 15 is 0 Å². The summed E-state index contributed by atoms with van der Waals surface area (Å²) < 4.78 is 15.6. The van der Waals surface area contributed by atoms with Crippen molar-refractivity contribution in [1.82, 2.24) is 0 Å². The summed E-state index contributed by atoms with van der Waals surface area (Å²) in [6, 6.07) is 0. The smallest absolute Gasteiger partial charge is 0.175 e. The largest absolute Gasteiger partial charge is 0.382 e. The second kappa shape index (κ2) is 3.70. The molecule has 1 aliphatic heterocycles. The third-order valence-electron chi connectivity index (χ3n) is 2.09. The zero-order valence-electron chi connectivity index (χ0n) is 7.87. The van der Waals surface area contributed by atoms with Crippen LogP contribution in [-0.4, -0.2) is 38.8 Å². The van der Waals surface area contributed by atoms with Crippen LogP contribution in [0.5, 0.6) is 0 Å². The first-order chi connectivity index (χ1) is 5.60. The van der Waals surface area contributed by atoms with Crippen molar-refractivity contribution in [3.05, 3.63) is 0 Å². The average Bonchev–Trinajstić information content (AvgIpc) is 2.25. The Hall–Kier alpha value is -0.160. The topological polar surface area (TPSA) is 53.7 Å². The number of methoxy groups -OCH3 is 2. The summed E-state index contributed by atoms with van der Waals surface area (Å²) in [4.78, 5) is 0. The molecule has 1 rings (SSSR count). The van der Waals surface area contributed by atoms with Crippen LogP contribution < -0.4 is 5.73 Å². The molecular weight excluding hydrogens is 158 g/mol. The first kappa shape index (κ1) is 9.92. The summed E-state index contributed by atoms with van der Waals surface area (Å²) in [5, 5.41) is 0. The summed E-state index contributed by atoms with van der Waals surface area (Å²) in [5.41, 5.74) is 5.56. The van der Waals surface area contributed by atoms with Crippen LogP contribution in [0.15, 0.2) is 0 Å². The molecule has 0 aromatic heterocycles. The lowest BCUT2D eigenvalue weighted by molar-refractivity contribution is -0.142. The van der Waals surface area contributed by atoms with E-state index in [9.17, 15) is 0 Å². The Morgan fingerprint density at radius 1 is 1.58 bits per heavy atom. The van der Waals surface area contributed by atoms with Gasteiger partial charge in [-0.15, -0.1) is 0 Å². The molecule has 1 aliphatic rings.